The Morgan fingerprint density at radius 3 is 2.48 bits per heavy atom. The lowest BCUT2D eigenvalue weighted by atomic mass is 9.94. The number of hydrogen-bond donors (Lipinski definition) is 0. The summed E-state index contributed by atoms with van der Waals surface area (Å²) in [6, 6.07) is 6.04. The Balaban J connectivity index is 0.00000117. The number of allylic oxidation sites excluding steroid dienone is 2. The van der Waals surface area contributed by atoms with Gasteiger partial charge in [0.05, 0.1) is 13.0 Å². The fourth-order valence-electron chi connectivity index (χ4n) is 3.88. The summed E-state index contributed by atoms with van der Waals surface area (Å²) in [5.41, 5.74) is 2.04. The highest BCUT2D eigenvalue weighted by molar-refractivity contribution is 6.13. The lowest BCUT2D eigenvalue weighted by molar-refractivity contribution is -0.155. The first kappa shape index (κ1) is 20.7. The molecule has 1 aromatic rings. The Bertz CT molecular complexity index is 900. The van der Waals surface area contributed by atoms with Crippen LogP contribution >= 0.6 is 0 Å². The predicted molar refractivity (Wildman–Crippen MR) is 109 cm³/mol. The molecule has 1 aromatic carbocycles. The van der Waals surface area contributed by atoms with E-state index in [0.717, 1.165) is 23.3 Å². The van der Waals surface area contributed by atoms with E-state index in [1.54, 1.807) is 24.3 Å². The quantitative estimate of drug-likeness (QED) is 0.739. The summed E-state index contributed by atoms with van der Waals surface area (Å²) >= 11 is 0. The van der Waals surface area contributed by atoms with Gasteiger partial charge in [0.1, 0.15) is 6.04 Å². The van der Waals surface area contributed by atoms with E-state index in [1.165, 1.54) is 4.90 Å². The Labute approximate surface area is 170 Å². The zero-order valence-corrected chi connectivity index (χ0v) is 16.9. The number of benzene rings is 1. The van der Waals surface area contributed by atoms with Crippen LogP contribution in [-0.2, 0) is 20.8 Å². The van der Waals surface area contributed by atoms with Gasteiger partial charge in [0, 0.05) is 12.0 Å². The largest absolute Gasteiger partial charge is 0.276 e. The molecule has 0 bridgehead atoms. The van der Waals surface area contributed by atoms with Crippen molar-refractivity contribution < 1.29 is 19.2 Å². The van der Waals surface area contributed by atoms with Crippen molar-refractivity contribution in [2.75, 3.05) is 6.54 Å². The van der Waals surface area contributed by atoms with Gasteiger partial charge in [0.15, 0.2) is 0 Å². The van der Waals surface area contributed by atoms with Crippen LogP contribution in [0.5, 0.6) is 0 Å². The number of piperidine rings is 1. The van der Waals surface area contributed by atoms with Crippen molar-refractivity contribution in [3.8, 4) is 0 Å². The van der Waals surface area contributed by atoms with Crippen LogP contribution in [0.15, 0.2) is 48.1 Å². The molecule has 1 atom stereocenters. The molecule has 152 valence electrons. The molecule has 4 rings (SSSR count). The smallest absolute Gasteiger partial charge is 0.261 e. The average molecular weight is 394 g/mol. The molecule has 0 radical (unpaired) electrons. The van der Waals surface area contributed by atoms with Crippen LogP contribution in [0.2, 0.25) is 0 Å². The molecule has 0 N–H and O–H groups in total. The van der Waals surface area contributed by atoms with Crippen molar-refractivity contribution in [2.24, 2.45) is 0 Å². The normalized spacial score (nSPS) is 21.4. The number of fused-ring (bicyclic) bond motifs is 1. The van der Waals surface area contributed by atoms with Gasteiger partial charge in [0.2, 0.25) is 11.8 Å². The summed E-state index contributed by atoms with van der Waals surface area (Å²) in [4.78, 5) is 53.1. The second kappa shape index (κ2) is 8.99. The van der Waals surface area contributed by atoms with Gasteiger partial charge in [-0.05, 0) is 36.5 Å². The number of nitrogens with zero attached hydrogens (tertiary/aromatic N) is 2. The van der Waals surface area contributed by atoms with Gasteiger partial charge in [-0.3, -0.25) is 29.0 Å². The third-order valence-corrected chi connectivity index (χ3v) is 5.28. The molecule has 3 aliphatic rings. The van der Waals surface area contributed by atoms with Crippen LogP contribution < -0.4 is 0 Å². The van der Waals surface area contributed by atoms with Gasteiger partial charge in [-0.15, -0.1) is 0 Å². The molecule has 1 fully saturated rings. The second-order valence-electron chi connectivity index (χ2n) is 7.03. The molecule has 0 aromatic heterocycles. The molecule has 6 heteroatoms. The zero-order valence-electron chi connectivity index (χ0n) is 16.9. The Morgan fingerprint density at radius 2 is 1.76 bits per heavy atom. The maximum Gasteiger partial charge on any atom is 0.261 e. The Hall–Kier alpha value is -3.02. The highest BCUT2D eigenvalue weighted by atomic mass is 16.2. The number of rotatable bonds is 3. The van der Waals surface area contributed by atoms with Crippen molar-refractivity contribution in [3.05, 3.63) is 59.2 Å². The van der Waals surface area contributed by atoms with E-state index in [0.29, 0.717) is 11.1 Å². The Morgan fingerprint density at radius 1 is 1.00 bits per heavy atom. The molecular weight excluding hydrogens is 368 g/mol. The molecule has 2 aliphatic heterocycles. The van der Waals surface area contributed by atoms with Crippen LogP contribution in [0.25, 0.3) is 0 Å². The van der Waals surface area contributed by atoms with Crippen molar-refractivity contribution in [1.82, 2.24) is 9.80 Å². The number of likely N-dealkylation sites (tertiary alicyclic amines) is 1. The van der Waals surface area contributed by atoms with Crippen molar-refractivity contribution >= 4 is 23.6 Å². The summed E-state index contributed by atoms with van der Waals surface area (Å²) in [6.07, 6.45) is 8.19. The van der Waals surface area contributed by atoms with Gasteiger partial charge in [-0.25, -0.2) is 0 Å². The van der Waals surface area contributed by atoms with Gasteiger partial charge < -0.3 is 0 Å². The van der Waals surface area contributed by atoms with Crippen molar-refractivity contribution in [2.45, 2.75) is 52.0 Å². The highest BCUT2D eigenvalue weighted by Crippen LogP contribution is 2.27. The van der Waals surface area contributed by atoms with E-state index in [-0.39, 0.29) is 37.6 Å². The second-order valence-corrected chi connectivity index (χ2v) is 7.03. The van der Waals surface area contributed by atoms with E-state index >= 15 is 0 Å². The molecular formula is C23H26N2O4. The van der Waals surface area contributed by atoms with E-state index in [1.807, 2.05) is 32.1 Å². The average Bonchev–Trinajstić information content (AvgIpc) is 2.75. The molecule has 0 spiro atoms. The van der Waals surface area contributed by atoms with Gasteiger partial charge >= 0.3 is 0 Å². The number of amides is 4. The first-order chi connectivity index (χ1) is 14.1. The summed E-state index contributed by atoms with van der Waals surface area (Å²) < 4.78 is 0. The number of carbonyl (C=O) groups excluding carboxylic acids is 4. The first-order valence-electron chi connectivity index (χ1n) is 10.2. The number of carbonyl (C=O) groups is 4. The van der Waals surface area contributed by atoms with E-state index in [2.05, 4.69) is 0 Å². The summed E-state index contributed by atoms with van der Waals surface area (Å²) in [5.74, 6) is -1.56. The summed E-state index contributed by atoms with van der Waals surface area (Å²) in [5, 5.41) is 0. The van der Waals surface area contributed by atoms with Gasteiger partial charge in [-0.1, -0.05) is 50.3 Å². The van der Waals surface area contributed by atoms with Crippen LogP contribution in [-0.4, -0.2) is 46.0 Å². The minimum Gasteiger partial charge on any atom is -0.276 e. The maximum absolute atomic E-state index is 13.0. The van der Waals surface area contributed by atoms with Gasteiger partial charge in [0.25, 0.3) is 11.8 Å². The van der Waals surface area contributed by atoms with Crippen molar-refractivity contribution in [1.29, 1.82) is 0 Å². The topological polar surface area (TPSA) is 74.8 Å². The zero-order chi connectivity index (χ0) is 21.0. The minimum atomic E-state index is -0.913. The van der Waals surface area contributed by atoms with Crippen LogP contribution in [0.3, 0.4) is 0 Å². The Kier molecular flexibility index (Phi) is 6.42. The first-order valence-corrected chi connectivity index (χ1v) is 10.2. The fourth-order valence-corrected chi connectivity index (χ4v) is 3.88. The minimum absolute atomic E-state index is 0.0908. The molecule has 1 saturated heterocycles. The van der Waals surface area contributed by atoms with Crippen molar-refractivity contribution in [3.63, 3.8) is 0 Å². The van der Waals surface area contributed by atoms with Crippen LogP contribution in [0.4, 0.5) is 0 Å². The predicted octanol–water partition coefficient (Wildman–Crippen LogP) is 3.03. The number of imide groups is 2. The monoisotopic (exact) mass is 394 g/mol. The van der Waals surface area contributed by atoms with E-state index in [9.17, 15) is 19.2 Å². The molecule has 6 nitrogen and oxygen atoms in total. The molecule has 1 unspecified atom stereocenters. The van der Waals surface area contributed by atoms with E-state index in [4.69, 9.17) is 0 Å². The van der Waals surface area contributed by atoms with E-state index < -0.39 is 17.9 Å². The molecule has 29 heavy (non-hydrogen) atoms. The lowest BCUT2D eigenvalue weighted by Gasteiger charge is -2.38. The maximum atomic E-state index is 13.0. The lowest BCUT2D eigenvalue weighted by Crippen LogP contribution is -2.59. The van der Waals surface area contributed by atoms with Gasteiger partial charge in [-0.2, -0.15) is 0 Å². The standard InChI is InChI=1S/C21H20N2O4.C2H6/c24-18-11-10-17(21(27)22(18)13-14-6-2-1-3-7-14)23-19(25)12-15-8-4-5-9-16(15)20(23)26;1-2/h2,4-9,17H,1,3,10-13H2;1-2H3. The molecule has 2 heterocycles. The van der Waals surface area contributed by atoms with Crippen LogP contribution in [0.1, 0.15) is 55.5 Å². The SMILES string of the molecule is CC.O=C1CCC(N2C(=O)Cc3ccccc3C2=O)C(=O)N1CC1=CCCC=C1. The van der Waals surface area contributed by atoms with Crippen LogP contribution in [0, 0.1) is 0 Å². The molecule has 4 amide bonds. The molecule has 1 aliphatic carbocycles. The molecule has 0 saturated carbocycles. The third kappa shape index (κ3) is 4.06. The fraction of sp³-hybridized carbons (Fsp3) is 0.391. The summed E-state index contributed by atoms with van der Waals surface area (Å²) in [6.45, 7) is 4.19. The number of hydrogen-bond acceptors (Lipinski definition) is 4. The highest BCUT2D eigenvalue weighted by Gasteiger charge is 2.44. The third-order valence-electron chi connectivity index (χ3n) is 5.28. The summed E-state index contributed by atoms with van der Waals surface area (Å²) in [7, 11) is 0.